The van der Waals surface area contributed by atoms with Crippen molar-refractivity contribution in [2.24, 2.45) is 0 Å². The molecule has 1 rings (SSSR count). The fourth-order valence-corrected chi connectivity index (χ4v) is 2.14. The van der Waals surface area contributed by atoms with Crippen LogP contribution in [0.5, 0.6) is 0 Å². The Balaban J connectivity index is 2.25. The van der Waals surface area contributed by atoms with Crippen molar-refractivity contribution in [3.05, 3.63) is 0 Å². The van der Waals surface area contributed by atoms with Crippen molar-refractivity contribution >= 4 is 0 Å². The summed E-state index contributed by atoms with van der Waals surface area (Å²) >= 11 is 0. The number of methoxy groups -OCH3 is 2. The maximum atomic E-state index is 5.18. The Hall–Kier alpha value is -0.160. The van der Waals surface area contributed by atoms with E-state index in [1.54, 1.807) is 14.2 Å². The van der Waals surface area contributed by atoms with E-state index in [2.05, 4.69) is 23.9 Å². The maximum absolute atomic E-state index is 5.18. The van der Waals surface area contributed by atoms with Crippen LogP contribution in [0.4, 0.5) is 0 Å². The molecule has 0 N–H and O–H groups in total. The van der Waals surface area contributed by atoms with Crippen molar-refractivity contribution < 1.29 is 9.47 Å². The van der Waals surface area contributed by atoms with Gasteiger partial charge >= 0.3 is 0 Å². The second-order valence-corrected chi connectivity index (χ2v) is 4.40. The van der Waals surface area contributed by atoms with E-state index in [1.807, 2.05) is 0 Å². The minimum Gasteiger partial charge on any atom is -0.355 e. The summed E-state index contributed by atoms with van der Waals surface area (Å²) in [5.41, 5.74) is 0. The Kier molecular flexibility index (Phi) is 5.53. The van der Waals surface area contributed by atoms with Gasteiger partial charge in [-0.05, 0) is 33.5 Å². The Bertz CT molecular complexity index is 174. The summed E-state index contributed by atoms with van der Waals surface area (Å²) < 4.78 is 10.4. The number of ether oxygens (including phenoxy) is 2. The molecule has 4 heteroatoms. The van der Waals surface area contributed by atoms with E-state index in [0.717, 1.165) is 13.1 Å². The average molecular weight is 216 g/mol. The van der Waals surface area contributed by atoms with Crippen LogP contribution in [0.25, 0.3) is 0 Å². The lowest BCUT2D eigenvalue weighted by molar-refractivity contribution is -0.114. The molecular formula is C11H24N2O2. The predicted octanol–water partition coefficient (Wildman–Crippen LogP) is 0.631. The van der Waals surface area contributed by atoms with Gasteiger partial charge in [0.1, 0.15) is 0 Å². The molecule has 1 unspecified atom stereocenters. The molecule has 15 heavy (non-hydrogen) atoms. The van der Waals surface area contributed by atoms with Gasteiger partial charge in [-0.25, -0.2) is 0 Å². The van der Waals surface area contributed by atoms with E-state index >= 15 is 0 Å². The minimum atomic E-state index is -0.110. The summed E-state index contributed by atoms with van der Waals surface area (Å²) in [6.45, 7) is 3.16. The molecule has 0 saturated carbocycles. The van der Waals surface area contributed by atoms with E-state index in [9.17, 15) is 0 Å². The second kappa shape index (κ2) is 6.43. The van der Waals surface area contributed by atoms with Gasteiger partial charge in [0.15, 0.2) is 6.29 Å². The number of nitrogens with zero attached hydrogens (tertiary/aromatic N) is 2. The normalized spacial score (nSPS) is 23.2. The molecule has 0 amide bonds. The first kappa shape index (κ1) is 12.9. The summed E-state index contributed by atoms with van der Waals surface area (Å²) in [7, 11) is 7.69. The summed E-state index contributed by atoms with van der Waals surface area (Å²) in [4.78, 5) is 4.72. The van der Waals surface area contributed by atoms with E-state index < -0.39 is 0 Å². The summed E-state index contributed by atoms with van der Waals surface area (Å²) in [6, 6.07) is 0.698. The Morgan fingerprint density at radius 3 is 2.53 bits per heavy atom. The number of rotatable bonds is 6. The number of likely N-dealkylation sites (tertiary alicyclic amines) is 1. The van der Waals surface area contributed by atoms with Crippen LogP contribution in [-0.4, -0.2) is 70.1 Å². The van der Waals surface area contributed by atoms with Gasteiger partial charge in [0, 0.05) is 33.4 Å². The van der Waals surface area contributed by atoms with E-state index in [0.29, 0.717) is 6.04 Å². The van der Waals surface area contributed by atoms with Crippen molar-refractivity contribution in [2.45, 2.75) is 25.2 Å². The summed E-state index contributed by atoms with van der Waals surface area (Å²) in [5.74, 6) is 0. The first-order valence-corrected chi connectivity index (χ1v) is 5.61. The van der Waals surface area contributed by atoms with Gasteiger partial charge in [-0.3, -0.25) is 4.90 Å². The van der Waals surface area contributed by atoms with E-state index in [4.69, 9.17) is 9.47 Å². The van der Waals surface area contributed by atoms with Crippen LogP contribution >= 0.6 is 0 Å². The fourth-order valence-electron chi connectivity index (χ4n) is 2.14. The van der Waals surface area contributed by atoms with Crippen molar-refractivity contribution in [3.63, 3.8) is 0 Å². The summed E-state index contributed by atoms with van der Waals surface area (Å²) in [5, 5.41) is 0. The molecule has 0 aliphatic carbocycles. The van der Waals surface area contributed by atoms with Crippen LogP contribution in [0.3, 0.4) is 0 Å². The lowest BCUT2D eigenvalue weighted by atomic mass is 10.2. The van der Waals surface area contributed by atoms with Crippen molar-refractivity contribution in [1.82, 2.24) is 9.80 Å². The molecule has 1 aliphatic heterocycles. The SMILES string of the molecule is COC(CN(C)CC1CCCN1C)OC. The van der Waals surface area contributed by atoms with E-state index in [-0.39, 0.29) is 6.29 Å². The van der Waals surface area contributed by atoms with Crippen LogP contribution < -0.4 is 0 Å². The Morgan fingerprint density at radius 1 is 1.40 bits per heavy atom. The van der Waals surface area contributed by atoms with Crippen LogP contribution in [0, 0.1) is 0 Å². The Labute approximate surface area is 93.1 Å². The van der Waals surface area contributed by atoms with Gasteiger partial charge < -0.3 is 14.4 Å². The van der Waals surface area contributed by atoms with Gasteiger partial charge in [0.05, 0.1) is 0 Å². The first-order valence-electron chi connectivity index (χ1n) is 5.61. The molecule has 1 atom stereocenters. The summed E-state index contributed by atoms with van der Waals surface area (Å²) in [6.07, 6.45) is 2.53. The lowest BCUT2D eigenvalue weighted by Gasteiger charge is -2.27. The molecule has 1 saturated heterocycles. The molecule has 1 aliphatic rings. The molecular weight excluding hydrogens is 192 g/mol. The lowest BCUT2D eigenvalue weighted by Crippen LogP contribution is -2.40. The van der Waals surface area contributed by atoms with Crippen molar-refractivity contribution in [2.75, 3.05) is 47.9 Å². The van der Waals surface area contributed by atoms with Crippen LogP contribution in [-0.2, 0) is 9.47 Å². The molecule has 0 aromatic carbocycles. The fraction of sp³-hybridized carbons (Fsp3) is 1.00. The van der Waals surface area contributed by atoms with Crippen LogP contribution in [0.15, 0.2) is 0 Å². The molecule has 0 radical (unpaired) electrons. The third-order valence-electron chi connectivity index (χ3n) is 3.18. The van der Waals surface area contributed by atoms with Crippen LogP contribution in [0.1, 0.15) is 12.8 Å². The first-order chi connectivity index (χ1) is 7.17. The Morgan fingerprint density at radius 2 is 2.07 bits per heavy atom. The van der Waals surface area contributed by atoms with Crippen molar-refractivity contribution in [3.8, 4) is 0 Å². The van der Waals surface area contributed by atoms with Crippen molar-refractivity contribution in [1.29, 1.82) is 0 Å². The van der Waals surface area contributed by atoms with Gasteiger partial charge in [0.2, 0.25) is 0 Å². The topological polar surface area (TPSA) is 24.9 Å². The molecule has 1 fully saturated rings. The number of hydrogen-bond acceptors (Lipinski definition) is 4. The number of hydrogen-bond donors (Lipinski definition) is 0. The molecule has 1 heterocycles. The minimum absolute atomic E-state index is 0.110. The van der Waals surface area contributed by atoms with Gasteiger partial charge in [-0.2, -0.15) is 0 Å². The number of likely N-dealkylation sites (N-methyl/N-ethyl adjacent to an activating group) is 2. The average Bonchev–Trinajstić information content (AvgIpc) is 2.61. The highest BCUT2D eigenvalue weighted by Gasteiger charge is 2.22. The van der Waals surface area contributed by atoms with Gasteiger partial charge in [-0.1, -0.05) is 0 Å². The van der Waals surface area contributed by atoms with Gasteiger partial charge in [0.25, 0.3) is 0 Å². The van der Waals surface area contributed by atoms with Crippen LogP contribution in [0.2, 0.25) is 0 Å². The zero-order valence-electron chi connectivity index (χ0n) is 10.4. The third-order valence-corrected chi connectivity index (χ3v) is 3.18. The zero-order chi connectivity index (χ0) is 11.3. The zero-order valence-corrected chi connectivity index (χ0v) is 10.4. The molecule has 4 nitrogen and oxygen atoms in total. The standard InChI is InChI=1S/C11H24N2O2/c1-12(9-11(14-3)15-4)8-10-6-5-7-13(10)2/h10-11H,5-9H2,1-4H3. The molecule has 0 aromatic heterocycles. The molecule has 0 aromatic rings. The second-order valence-electron chi connectivity index (χ2n) is 4.40. The monoisotopic (exact) mass is 216 g/mol. The smallest absolute Gasteiger partial charge is 0.169 e. The van der Waals surface area contributed by atoms with E-state index in [1.165, 1.54) is 19.4 Å². The molecule has 90 valence electrons. The quantitative estimate of drug-likeness (QED) is 0.608. The predicted molar refractivity (Wildman–Crippen MR) is 61.0 cm³/mol. The highest BCUT2D eigenvalue weighted by molar-refractivity contribution is 4.78. The largest absolute Gasteiger partial charge is 0.355 e. The van der Waals surface area contributed by atoms with Gasteiger partial charge in [-0.15, -0.1) is 0 Å². The maximum Gasteiger partial charge on any atom is 0.169 e. The highest BCUT2D eigenvalue weighted by Crippen LogP contribution is 2.15. The molecule has 0 bridgehead atoms. The highest BCUT2D eigenvalue weighted by atomic mass is 16.7. The molecule has 0 spiro atoms. The third kappa shape index (κ3) is 4.07.